The van der Waals surface area contributed by atoms with Crippen LogP contribution >= 0.6 is 0 Å². The first-order valence-electron chi connectivity index (χ1n) is 7.96. The Kier molecular flexibility index (Phi) is 4.75. The summed E-state index contributed by atoms with van der Waals surface area (Å²) in [5.74, 6) is 1.53. The molecule has 2 aromatic rings. The summed E-state index contributed by atoms with van der Waals surface area (Å²) in [4.78, 5) is 24.8. The quantitative estimate of drug-likeness (QED) is 0.847. The predicted octanol–water partition coefficient (Wildman–Crippen LogP) is 1.53. The largest absolute Gasteiger partial charge is 0.469 e. The van der Waals surface area contributed by atoms with Gasteiger partial charge in [-0.15, -0.1) is 0 Å². The van der Waals surface area contributed by atoms with Crippen molar-refractivity contribution in [3.05, 3.63) is 41.6 Å². The van der Waals surface area contributed by atoms with E-state index < -0.39 is 0 Å². The SMILES string of the molecule is Cc1cc(C#N)nc(N2CCN(C(=O)CCc3ccco3)CC2)n1. The van der Waals surface area contributed by atoms with E-state index in [9.17, 15) is 4.79 Å². The van der Waals surface area contributed by atoms with Crippen LogP contribution in [0.4, 0.5) is 5.95 Å². The second-order valence-electron chi connectivity index (χ2n) is 5.75. The number of nitrogens with zero attached hydrogens (tertiary/aromatic N) is 5. The molecule has 2 aromatic heterocycles. The molecule has 124 valence electrons. The molecule has 0 spiro atoms. The number of aromatic nitrogens is 2. The van der Waals surface area contributed by atoms with Gasteiger partial charge in [-0.3, -0.25) is 4.79 Å². The first kappa shape index (κ1) is 16.0. The first-order valence-corrected chi connectivity index (χ1v) is 7.96. The minimum atomic E-state index is 0.133. The number of amides is 1. The molecule has 0 N–H and O–H groups in total. The number of carbonyl (C=O) groups excluding carboxylic acids is 1. The Morgan fingerprint density at radius 2 is 2.12 bits per heavy atom. The number of hydrogen-bond donors (Lipinski definition) is 0. The van der Waals surface area contributed by atoms with Crippen molar-refractivity contribution in [1.29, 1.82) is 5.26 Å². The monoisotopic (exact) mass is 325 g/mol. The maximum Gasteiger partial charge on any atom is 0.226 e. The van der Waals surface area contributed by atoms with Gasteiger partial charge in [-0.25, -0.2) is 9.97 Å². The van der Waals surface area contributed by atoms with Crippen LogP contribution in [0, 0.1) is 18.3 Å². The fourth-order valence-electron chi connectivity index (χ4n) is 2.75. The van der Waals surface area contributed by atoms with Crippen molar-refractivity contribution in [2.45, 2.75) is 19.8 Å². The Labute approximate surface area is 140 Å². The van der Waals surface area contributed by atoms with Crippen LogP contribution in [0.1, 0.15) is 23.6 Å². The lowest BCUT2D eigenvalue weighted by molar-refractivity contribution is -0.131. The summed E-state index contributed by atoms with van der Waals surface area (Å²) in [6, 6.07) is 7.43. The number of aryl methyl sites for hydroxylation is 2. The van der Waals surface area contributed by atoms with E-state index >= 15 is 0 Å². The Bertz CT molecular complexity index is 743. The van der Waals surface area contributed by atoms with Crippen LogP contribution < -0.4 is 4.90 Å². The number of furan rings is 1. The van der Waals surface area contributed by atoms with Crippen molar-refractivity contribution in [2.24, 2.45) is 0 Å². The smallest absolute Gasteiger partial charge is 0.226 e. The molecule has 0 radical (unpaired) electrons. The van der Waals surface area contributed by atoms with Crippen LogP contribution in [0.5, 0.6) is 0 Å². The van der Waals surface area contributed by atoms with Crippen LogP contribution in [0.25, 0.3) is 0 Å². The molecule has 0 atom stereocenters. The molecule has 24 heavy (non-hydrogen) atoms. The van der Waals surface area contributed by atoms with Gasteiger partial charge in [0.15, 0.2) is 0 Å². The zero-order chi connectivity index (χ0) is 16.9. The highest BCUT2D eigenvalue weighted by atomic mass is 16.3. The Hall–Kier alpha value is -2.88. The molecule has 1 saturated heterocycles. The van der Waals surface area contributed by atoms with Crippen molar-refractivity contribution in [2.75, 3.05) is 31.1 Å². The van der Waals surface area contributed by atoms with Gasteiger partial charge in [0.1, 0.15) is 17.5 Å². The van der Waals surface area contributed by atoms with Crippen molar-refractivity contribution in [3.8, 4) is 6.07 Å². The van der Waals surface area contributed by atoms with Crippen molar-refractivity contribution in [3.63, 3.8) is 0 Å². The number of nitriles is 1. The number of hydrogen-bond acceptors (Lipinski definition) is 6. The Morgan fingerprint density at radius 1 is 1.33 bits per heavy atom. The van der Waals surface area contributed by atoms with E-state index in [2.05, 4.69) is 16.0 Å². The summed E-state index contributed by atoms with van der Waals surface area (Å²) in [5, 5.41) is 9.02. The lowest BCUT2D eigenvalue weighted by atomic mass is 10.2. The van der Waals surface area contributed by atoms with E-state index in [-0.39, 0.29) is 5.91 Å². The molecular formula is C17H19N5O2. The molecule has 0 aromatic carbocycles. The van der Waals surface area contributed by atoms with E-state index in [0.717, 1.165) is 11.5 Å². The Balaban J connectivity index is 1.54. The highest BCUT2D eigenvalue weighted by Gasteiger charge is 2.23. The van der Waals surface area contributed by atoms with Crippen LogP contribution in [-0.2, 0) is 11.2 Å². The molecule has 1 fully saturated rings. The van der Waals surface area contributed by atoms with Gasteiger partial charge in [0.2, 0.25) is 11.9 Å². The third-order valence-corrected chi connectivity index (χ3v) is 4.04. The second kappa shape index (κ2) is 7.13. The minimum Gasteiger partial charge on any atom is -0.469 e. The van der Waals surface area contributed by atoms with Gasteiger partial charge < -0.3 is 14.2 Å². The van der Waals surface area contributed by atoms with E-state index in [4.69, 9.17) is 9.68 Å². The topological polar surface area (TPSA) is 86.3 Å². The fraction of sp³-hybridized carbons (Fsp3) is 0.412. The molecule has 0 aliphatic carbocycles. The van der Waals surface area contributed by atoms with E-state index in [1.54, 1.807) is 12.3 Å². The van der Waals surface area contributed by atoms with E-state index in [1.165, 1.54) is 0 Å². The van der Waals surface area contributed by atoms with Gasteiger partial charge in [0.05, 0.1) is 6.26 Å². The molecule has 3 heterocycles. The Morgan fingerprint density at radius 3 is 2.79 bits per heavy atom. The van der Waals surface area contributed by atoms with Crippen LogP contribution in [0.3, 0.4) is 0 Å². The highest BCUT2D eigenvalue weighted by Crippen LogP contribution is 2.14. The maximum atomic E-state index is 12.3. The molecule has 7 heteroatoms. The predicted molar refractivity (Wildman–Crippen MR) is 87.3 cm³/mol. The van der Waals surface area contributed by atoms with Crippen LogP contribution in [0.2, 0.25) is 0 Å². The molecule has 0 unspecified atom stereocenters. The molecule has 1 aliphatic heterocycles. The second-order valence-corrected chi connectivity index (χ2v) is 5.75. The van der Waals surface area contributed by atoms with Crippen molar-refractivity contribution < 1.29 is 9.21 Å². The van der Waals surface area contributed by atoms with Crippen LogP contribution in [-0.4, -0.2) is 47.0 Å². The molecular weight excluding hydrogens is 306 g/mol. The summed E-state index contributed by atoms with van der Waals surface area (Å²) in [6.45, 7) is 4.45. The normalized spacial score (nSPS) is 14.5. The molecule has 7 nitrogen and oxygen atoms in total. The summed E-state index contributed by atoms with van der Waals surface area (Å²) in [5.41, 5.74) is 1.14. The summed E-state index contributed by atoms with van der Waals surface area (Å²) < 4.78 is 5.26. The van der Waals surface area contributed by atoms with Gasteiger partial charge in [-0.05, 0) is 25.1 Å². The van der Waals surface area contributed by atoms with Crippen molar-refractivity contribution in [1.82, 2.24) is 14.9 Å². The number of carbonyl (C=O) groups is 1. The molecule has 0 bridgehead atoms. The lowest BCUT2D eigenvalue weighted by Crippen LogP contribution is -2.49. The molecule has 1 amide bonds. The standard InChI is InChI=1S/C17H19N5O2/c1-13-11-14(12-18)20-17(19-13)22-8-6-21(7-9-22)16(23)5-4-15-3-2-10-24-15/h2-3,10-11H,4-9H2,1H3. The van der Waals surface area contributed by atoms with Crippen molar-refractivity contribution >= 4 is 11.9 Å². The van der Waals surface area contributed by atoms with E-state index in [1.807, 2.05) is 28.9 Å². The van der Waals surface area contributed by atoms with Gasteiger partial charge in [0, 0.05) is 44.7 Å². The van der Waals surface area contributed by atoms with E-state index in [0.29, 0.717) is 50.7 Å². The molecule has 0 saturated carbocycles. The highest BCUT2D eigenvalue weighted by molar-refractivity contribution is 5.76. The third kappa shape index (κ3) is 3.71. The van der Waals surface area contributed by atoms with Gasteiger partial charge in [-0.2, -0.15) is 5.26 Å². The summed E-state index contributed by atoms with van der Waals surface area (Å²) in [7, 11) is 0. The lowest BCUT2D eigenvalue weighted by Gasteiger charge is -2.34. The van der Waals surface area contributed by atoms with Crippen LogP contribution in [0.15, 0.2) is 28.9 Å². The number of anilines is 1. The van der Waals surface area contributed by atoms with Gasteiger partial charge in [-0.1, -0.05) is 0 Å². The van der Waals surface area contributed by atoms with Gasteiger partial charge in [0.25, 0.3) is 0 Å². The summed E-state index contributed by atoms with van der Waals surface area (Å²) >= 11 is 0. The zero-order valence-corrected chi connectivity index (χ0v) is 13.6. The minimum absolute atomic E-state index is 0.133. The van der Waals surface area contributed by atoms with Gasteiger partial charge >= 0.3 is 0 Å². The number of piperazine rings is 1. The number of rotatable bonds is 4. The average molecular weight is 325 g/mol. The average Bonchev–Trinajstić information content (AvgIpc) is 3.12. The third-order valence-electron chi connectivity index (χ3n) is 4.04. The summed E-state index contributed by atoms with van der Waals surface area (Å²) in [6.07, 6.45) is 2.70. The molecule has 3 rings (SSSR count). The fourth-order valence-corrected chi connectivity index (χ4v) is 2.75. The maximum absolute atomic E-state index is 12.3. The first-order chi connectivity index (χ1) is 11.7. The molecule has 1 aliphatic rings. The zero-order valence-electron chi connectivity index (χ0n) is 13.6.